The summed E-state index contributed by atoms with van der Waals surface area (Å²) in [6, 6.07) is 5.63. The number of ether oxygens (including phenoxy) is 1. The van der Waals surface area contributed by atoms with E-state index in [-0.39, 0.29) is 28.4 Å². The van der Waals surface area contributed by atoms with Crippen molar-refractivity contribution in [2.24, 2.45) is 5.10 Å². The first-order valence-electron chi connectivity index (χ1n) is 8.27. The van der Waals surface area contributed by atoms with E-state index in [1.807, 2.05) is 6.07 Å². The number of nitrogens with zero attached hydrogens (tertiary/aromatic N) is 4. The molecule has 12 heteroatoms. The van der Waals surface area contributed by atoms with Crippen molar-refractivity contribution in [1.29, 1.82) is 5.26 Å². The Kier molecular flexibility index (Phi) is 7.82. The summed E-state index contributed by atoms with van der Waals surface area (Å²) in [5.41, 5.74) is 2.35. The van der Waals surface area contributed by atoms with Crippen molar-refractivity contribution in [1.82, 2.24) is 9.99 Å². The normalized spacial score (nSPS) is 10.8. The van der Waals surface area contributed by atoms with Crippen LogP contribution in [0.2, 0.25) is 5.02 Å². The molecule has 10 nitrogen and oxygen atoms in total. The van der Waals surface area contributed by atoms with Crippen LogP contribution in [0, 0.1) is 28.4 Å². The molecule has 2 aromatic rings. The molecule has 1 N–H and O–H groups in total. The zero-order valence-electron chi connectivity index (χ0n) is 15.8. The minimum atomic E-state index is -0.645. The van der Waals surface area contributed by atoms with Crippen LogP contribution in [0.15, 0.2) is 32.6 Å². The van der Waals surface area contributed by atoms with Crippen molar-refractivity contribution in [3.8, 4) is 6.07 Å². The number of amides is 1. The Hall–Kier alpha value is -3.07. The maximum atomic E-state index is 12.6. The molecule has 1 heterocycles. The number of hydrogen-bond acceptors (Lipinski definition) is 7. The Morgan fingerprint density at radius 3 is 2.83 bits per heavy atom. The van der Waals surface area contributed by atoms with Crippen molar-refractivity contribution in [3.05, 3.63) is 70.5 Å². The monoisotopic (exact) mass is 495 g/mol. The van der Waals surface area contributed by atoms with E-state index in [0.717, 1.165) is 10.8 Å². The number of nitro benzene ring substituents is 1. The summed E-state index contributed by atoms with van der Waals surface area (Å²) in [6.07, 6.45) is 1.15. The van der Waals surface area contributed by atoms with Gasteiger partial charge in [-0.3, -0.25) is 19.7 Å². The zero-order valence-corrected chi connectivity index (χ0v) is 18.2. The SMILES string of the molecule is COCc1c(Br)c(C)n(CC(=O)N/N=C/c2cc([N+](=O)[O-])ccc2Cl)c(=O)c1C#N. The summed E-state index contributed by atoms with van der Waals surface area (Å²) in [7, 11) is 1.44. The average molecular weight is 497 g/mol. The number of rotatable bonds is 7. The predicted molar refractivity (Wildman–Crippen MR) is 112 cm³/mol. The van der Waals surface area contributed by atoms with Gasteiger partial charge in [0.2, 0.25) is 0 Å². The highest BCUT2D eigenvalue weighted by Gasteiger charge is 2.19. The standard InChI is InChI=1S/C18H15BrClN5O5/c1-10-17(19)14(9-30-2)13(6-21)18(27)24(10)8-16(26)23-22-7-11-5-12(25(28)29)3-4-15(11)20/h3-5,7H,8-9H2,1-2H3,(H,23,26)/b22-7+. The van der Waals surface area contributed by atoms with E-state index >= 15 is 0 Å². The number of carbonyl (C=O) groups is 1. The van der Waals surface area contributed by atoms with Crippen molar-refractivity contribution in [2.75, 3.05) is 7.11 Å². The van der Waals surface area contributed by atoms with Gasteiger partial charge in [-0.15, -0.1) is 0 Å². The number of nitriles is 1. The first-order chi connectivity index (χ1) is 14.2. The van der Waals surface area contributed by atoms with Gasteiger partial charge in [0, 0.05) is 45.6 Å². The maximum Gasteiger partial charge on any atom is 0.270 e. The van der Waals surface area contributed by atoms with Crippen molar-refractivity contribution >= 4 is 45.3 Å². The molecule has 0 aliphatic carbocycles. The number of benzene rings is 1. The lowest BCUT2D eigenvalue weighted by atomic mass is 10.1. The molecule has 0 spiro atoms. The van der Waals surface area contributed by atoms with Crippen LogP contribution in [0.5, 0.6) is 0 Å². The summed E-state index contributed by atoms with van der Waals surface area (Å²) in [5, 5.41) is 24.1. The molecule has 30 heavy (non-hydrogen) atoms. The van der Waals surface area contributed by atoms with Crippen LogP contribution >= 0.6 is 27.5 Å². The Morgan fingerprint density at radius 2 is 2.23 bits per heavy atom. The van der Waals surface area contributed by atoms with E-state index in [9.17, 15) is 25.0 Å². The Balaban J connectivity index is 2.24. The van der Waals surface area contributed by atoms with Crippen molar-refractivity contribution in [2.45, 2.75) is 20.1 Å². The topological polar surface area (TPSA) is 140 Å². The molecule has 0 aliphatic heterocycles. The van der Waals surface area contributed by atoms with Gasteiger partial charge in [0.25, 0.3) is 17.2 Å². The highest BCUT2D eigenvalue weighted by molar-refractivity contribution is 9.10. The number of pyridine rings is 1. The zero-order chi connectivity index (χ0) is 22.4. The fourth-order valence-corrected chi connectivity index (χ4v) is 3.24. The van der Waals surface area contributed by atoms with Crippen LogP contribution in [0.1, 0.15) is 22.4 Å². The predicted octanol–water partition coefficient (Wildman–Crippen LogP) is 2.65. The molecule has 1 aromatic carbocycles. The molecule has 0 bridgehead atoms. The lowest BCUT2D eigenvalue weighted by Crippen LogP contribution is -2.33. The molecule has 0 atom stereocenters. The van der Waals surface area contributed by atoms with Crippen LogP contribution in [-0.4, -0.2) is 28.7 Å². The second-order valence-electron chi connectivity index (χ2n) is 5.95. The third kappa shape index (κ3) is 5.10. The van der Waals surface area contributed by atoms with Gasteiger partial charge in [0.15, 0.2) is 0 Å². The Morgan fingerprint density at radius 1 is 1.53 bits per heavy atom. The molecule has 0 fully saturated rings. The molecule has 0 unspecified atom stereocenters. The van der Waals surface area contributed by atoms with E-state index < -0.39 is 22.9 Å². The van der Waals surface area contributed by atoms with Gasteiger partial charge in [-0.2, -0.15) is 10.4 Å². The number of nitrogens with one attached hydrogen (secondary N) is 1. The quantitative estimate of drug-likeness (QED) is 0.355. The maximum absolute atomic E-state index is 12.6. The van der Waals surface area contributed by atoms with Gasteiger partial charge < -0.3 is 9.30 Å². The Bertz CT molecular complexity index is 1140. The van der Waals surface area contributed by atoms with E-state index in [1.165, 1.54) is 25.3 Å². The van der Waals surface area contributed by atoms with Crippen molar-refractivity contribution in [3.63, 3.8) is 0 Å². The molecule has 0 saturated carbocycles. The number of aromatic nitrogens is 1. The molecule has 156 valence electrons. The third-order valence-corrected chi connectivity index (χ3v) is 5.43. The van der Waals surface area contributed by atoms with E-state index in [1.54, 1.807) is 6.92 Å². The number of hydrogen-bond donors (Lipinski definition) is 1. The summed E-state index contributed by atoms with van der Waals surface area (Å²) < 4.78 is 6.65. The molecule has 0 aliphatic rings. The summed E-state index contributed by atoms with van der Waals surface area (Å²) >= 11 is 9.30. The lowest BCUT2D eigenvalue weighted by molar-refractivity contribution is -0.384. The second-order valence-corrected chi connectivity index (χ2v) is 7.15. The number of carbonyl (C=O) groups excluding carboxylic acids is 1. The van der Waals surface area contributed by atoms with Crippen LogP contribution in [-0.2, 0) is 22.7 Å². The first kappa shape index (κ1) is 23.2. The van der Waals surface area contributed by atoms with Gasteiger partial charge in [-0.25, -0.2) is 5.43 Å². The van der Waals surface area contributed by atoms with Gasteiger partial charge in [-0.1, -0.05) is 11.6 Å². The molecular weight excluding hydrogens is 482 g/mol. The highest BCUT2D eigenvalue weighted by atomic mass is 79.9. The fourth-order valence-electron chi connectivity index (χ4n) is 2.54. The van der Waals surface area contributed by atoms with E-state index in [2.05, 4.69) is 26.5 Å². The largest absolute Gasteiger partial charge is 0.380 e. The number of hydrazone groups is 1. The number of halogens is 2. The first-order valence-corrected chi connectivity index (χ1v) is 9.45. The van der Waals surface area contributed by atoms with E-state index in [0.29, 0.717) is 15.7 Å². The van der Waals surface area contributed by atoms with Gasteiger partial charge in [0.1, 0.15) is 18.2 Å². The smallest absolute Gasteiger partial charge is 0.270 e. The van der Waals surface area contributed by atoms with Gasteiger partial charge in [-0.05, 0) is 28.9 Å². The van der Waals surface area contributed by atoms with Gasteiger partial charge >= 0.3 is 0 Å². The van der Waals surface area contributed by atoms with Crippen LogP contribution in [0.25, 0.3) is 0 Å². The molecule has 1 amide bonds. The lowest BCUT2D eigenvalue weighted by Gasteiger charge is -2.15. The van der Waals surface area contributed by atoms with Crippen molar-refractivity contribution < 1.29 is 14.5 Å². The number of methoxy groups -OCH3 is 1. The summed E-state index contributed by atoms with van der Waals surface area (Å²) in [4.78, 5) is 35.1. The minimum Gasteiger partial charge on any atom is -0.380 e. The molecule has 0 saturated heterocycles. The Labute approximate surface area is 184 Å². The molecule has 0 radical (unpaired) electrons. The van der Waals surface area contributed by atoms with E-state index in [4.69, 9.17) is 16.3 Å². The minimum absolute atomic E-state index is 0.0564. The second kappa shape index (κ2) is 10.1. The van der Waals surface area contributed by atoms with Gasteiger partial charge in [0.05, 0.1) is 17.7 Å². The van der Waals surface area contributed by atoms with Crippen LogP contribution in [0.3, 0.4) is 0 Å². The molecule has 1 aromatic heterocycles. The van der Waals surface area contributed by atoms with Crippen LogP contribution < -0.4 is 11.0 Å². The number of nitro groups is 1. The molecule has 2 rings (SSSR count). The van der Waals surface area contributed by atoms with Crippen LogP contribution in [0.4, 0.5) is 5.69 Å². The summed E-state index contributed by atoms with van der Waals surface area (Å²) in [6.45, 7) is 1.28. The fraction of sp³-hybridized carbons (Fsp3) is 0.222. The highest BCUT2D eigenvalue weighted by Crippen LogP contribution is 2.23. The third-order valence-electron chi connectivity index (χ3n) is 4.03. The molecular formula is C18H15BrClN5O5. The average Bonchev–Trinajstić information content (AvgIpc) is 2.71. The number of non-ortho nitro benzene ring substituents is 1. The summed E-state index contributed by atoms with van der Waals surface area (Å²) in [5.74, 6) is -0.645.